The number of para-hydroxylation sites is 2. The van der Waals surface area contributed by atoms with Crippen LogP contribution in [0.5, 0.6) is 0 Å². The van der Waals surface area contributed by atoms with Crippen molar-refractivity contribution < 1.29 is 14.4 Å². The largest absolute Gasteiger partial charge is 0.329 e. The third-order valence-corrected chi connectivity index (χ3v) is 4.97. The second-order valence-electron chi connectivity index (χ2n) is 5.77. The number of rotatable bonds is 5. The Kier molecular flexibility index (Phi) is 4.80. The summed E-state index contributed by atoms with van der Waals surface area (Å²) in [5.74, 6) is -0.521. The Labute approximate surface area is 149 Å². The van der Waals surface area contributed by atoms with Gasteiger partial charge in [0.05, 0.1) is 22.6 Å². The van der Waals surface area contributed by atoms with Crippen LogP contribution in [0.25, 0.3) is 0 Å². The molecular formula is C17H18N4O3S. The topological polar surface area (TPSA) is 91.4 Å². The van der Waals surface area contributed by atoms with Crippen molar-refractivity contribution in [3.63, 3.8) is 0 Å². The van der Waals surface area contributed by atoms with Crippen LogP contribution in [0, 0.1) is 6.92 Å². The Morgan fingerprint density at radius 2 is 2.12 bits per heavy atom. The molecule has 2 heterocycles. The van der Waals surface area contributed by atoms with Crippen LogP contribution in [0.15, 0.2) is 29.8 Å². The fraction of sp³-hybridized carbons (Fsp3) is 0.294. The lowest BCUT2D eigenvalue weighted by Gasteiger charge is -2.17. The molecule has 1 atom stereocenters. The van der Waals surface area contributed by atoms with Crippen molar-refractivity contribution in [1.82, 2.24) is 10.3 Å². The van der Waals surface area contributed by atoms with E-state index < -0.39 is 12.1 Å². The number of nitrogens with zero attached hydrogens (tertiary/aromatic N) is 2. The van der Waals surface area contributed by atoms with E-state index in [2.05, 4.69) is 15.6 Å². The highest BCUT2D eigenvalue weighted by atomic mass is 32.1. The lowest BCUT2D eigenvalue weighted by atomic mass is 10.2. The number of amides is 4. The van der Waals surface area contributed by atoms with Gasteiger partial charge in [0.15, 0.2) is 0 Å². The van der Waals surface area contributed by atoms with Gasteiger partial charge in [0.1, 0.15) is 6.04 Å². The summed E-state index contributed by atoms with van der Waals surface area (Å²) >= 11 is 1.53. The summed E-state index contributed by atoms with van der Waals surface area (Å²) in [7, 11) is 0. The summed E-state index contributed by atoms with van der Waals surface area (Å²) in [4.78, 5) is 42.8. The van der Waals surface area contributed by atoms with Gasteiger partial charge >= 0.3 is 6.03 Å². The van der Waals surface area contributed by atoms with Crippen LogP contribution < -0.4 is 15.5 Å². The number of benzene rings is 1. The van der Waals surface area contributed by atoms with Gasteiger partial charge in [-0.2, -0.15) is 0 Å². The van der Waals surface area contributed by atoms with Crippen LogP contribution in [-0.4, -0.2) is 28.9 Å². The summed E-state index contributed by atoms with van der Waals surface area (Å²) in [5, 5.41) is 5.36. The summed E-state index contributed by atoms with van der Waals surface area (Å²) in [6.07, 6.45) is 0.901. The molecule has 2 aromatic rings. The maximum atomic E-state index is 12.3. The number of aromatic nitrogens is 1. The van der Waals surface area contributed by atoms with Crippen LogP contribution in [0.1, 0.15) is 23.9 Å². The zero-order valence-electron chi connectivity index (χ0n) is 13.9. The van der Waals surface area contributed by atoms with E-state index in [9.17, 15) is 14.4 Å². The number of anilines is 2. The molecule has 0 spiro atoms. The van der Waals surface area contributed by atoms with E-state index in [1.165, 1.54) is 11.3 Å². The highest BCUT2D eigenvalue weighted by molar-refractivity contribution is 7.09. The van der Waals surface area contributed by atoms with E-state index in [0.717, 1.165) is 15.5 Å². The standard InChI is InChI=1S/C17H18N4O3S/c1-10-14(25-9-18-10)7-8-15(22)20-12-5-3-4-6-13(12)21-16(23)11(2)19-17(21)24/h3-6,9,11H,7-8H2,1-2H3,(H,19,24)(H,20,22). The number of imide groups is 1. The van der Waals surface area contributed by atoms with Gasteiger partial charge in [0, 0.05) is 11.3 Å². The maximum absolute atomic E-state index is 12.3. The Balaban J connectivity index is 1.73. The fourth-order valence-electron chi connectivity index (χ4n) is 2.61. The van der Waals surface area contributed by atoms with E-state index in [4.69, 9.17) is 0 Å². The SMILES string of the molecule is Cc1ncsc1CCC(=O)Nc1ccccc1N1C(=O)NC(C)C1=O. The number of urea groups is 1. The number of aryl methyl sites for hydroxylation is 2. The third-order valence-electron chi connectivity index (χ3n) is 3.98. The molecule has 1 unspecified atom stereocenters. The van der Waals surface area contributed by atoms with Crippen LogP contribution in [0.4, 0.5) is 16.2 Å². The highest BCUT2D eigenvalue weighted by Crippen LogP contribution is 2.28. The van der Waals surface area contributed by atoms with Crippen molar-refractivity contribution >= 4 is 40.6 Å². The number of hydrogen-bond acceptors (Lipinski definition) is 5. The van der Waals surface area contributed by atoms with Crippen molar-refractivity contribution in [1.29, 1.82) is 0 Å². The summed E-state index contributed by atoms with van der Waals surface area (Å²) in [5.41, 5.74) is 3.51. The minimum absolute atomic E-state index is 0.180. The minimum atomic E-state index is -0.578. The number of carbonyl (C=O) groups excluding carboxylic acids is 3. The monoisotopic (exact) mass is 358 g/mol. The van der Waals surface area contributed by atoms with Gasteiger partial charge < -0.3 is 10.6 Å². The number of hydrogen-bond donors (Lipinski definition) is 2. The van der Waals surface area contributed by atoms with Crippen LogP contribution in [-0.2, 0) is 16.0 Å². The molecule has 1 aromatic heterocycles. The zero-order chi connectivity index (χ0) is 18.0. The molecule has 8 heteroatoms. The van der Waals surface area contributed by atoms with Gasteiger partial charge in [0.25, 0.3) is 5.91 Å². The van der Waals surface area contributed by atoms with E-state index in [1.54, 1.807) is 36.7 Å². The first kappa shape index (κ1) is 17.1. The van der Waals surface area contributed by atoms with Crippen LogP contribution >= 0.6 is 11.3 Å². The lowest BCUT2D eigenvalue weighted by molar-refractivity contribution is -0.118. The smallest absolute Gasteiger partial charge is 0.326 e. The lowest BCUT2D eigenvalue weighted by Crippen LogP contribution is -2.32. The Bertz CT molecular complexity index is 833. The molecule has 0 aliphatic carbocycles. The molecular weight excluding hydrogens is 340 g/mol. The molecule has 0 radical (unpaired) electrons. The second kappa shape index (κ2) is 7.02. The van der Waals surface area contributed by atoms with E-state index in [0.29, 0.717) is 24.2 Å². The summed E-state index contributed by atoms with van der Waals surface area (Å²) in [6.45, 7) is 3.54. The highest BCUT2D eigenvalue weighted by Gasteiger charge is 2.37. The summed E-state index contributed by atoms with van der Waals surface area (Å²) < 4.78 is 0. The average Bonchev–Trinajstić information content (AvgIpc) is 3.09. The predicted molar refractivity (Wildman–Crippen MR) is 95.7 cm³/mol. The number of nitrogens with one attached hydrogen (secondary N) is 2. The van der Waals surface area contributed by atoms with Gasteiger partial charge in [-0.3, -0.25) is 9.59 Å². The fourth-order valence-corrected chi connectivity index (χ4v) is 3.39. The molecule has 3 rings (SSSR count). The van der Waals surface area contributed by atoms with E-state index in [1.807, 2.05) is 6.92 Å². The van der Waals surface area contributed by atoms with Gasteiger partial charge in [-0.05, 0) is 32.4 Å². The molecule has 0 bridgehead atoms. The van der Waals surface area contributed by atoms with Gasteiger partial charge in [-0.15, -0.1) is 11.3 Å². The van der Waals surface area contributed by atoms with Gasteiger partial charge in [0.2, 0.25) is 5.91 Å². The molecule has 1 aliphatic heterocycles. The molecule has 7 nitrogen and oxygen atoms in total. The Hall–Kier alpha value is -2.74. The molecule has 4 amide bonds. The quantitative estimate of drug-likeness (QED) is 0.803. The zero-order valence-corrected chi connectivity index (χ0v) is 14.7. The molecule has 130 valence electrons. The Morgan fingerprint density at radius 1 is 1.36 bits per heavy atom. The Morgan fingerprint density at radius 3 is 2.76 bits per heavy atom. The molecule has 1 saturated heterocycles. The number of thiazole rings is 1. The first-order chi connectivity index (χ1) is 12.0. The molecule has 2 N–H and O–H groups in total. The normalized spacial score (nSPS) is 16.9. The van der Waals surface area contributed by atoms with Crippen molar-refractivity contribution in [3.8, 4) is 0 Å². The first-order valence-corrected chi connectivity index (χ1v) is 8.77. The van der Waals surface area contributed by atoms with Crippen molar-refractivity contribution in [2.75, 3.05) is 10.2 Å². The van der Waals surface area contributed by atoms with Gasteiger partial charge in [-0.1, -0.05) is 12.1 Å². The molecule has 25 heavy (non-hydrogen) atoms. The predicted octanol–water partition coefficient (Wildman–Crippen LogP) is 2.47. The average molecular weight is 358 g/mol. The third kappa shape index (κ3) is 3.53. The van der Waals surface area contributed by atoms with Crippen molar-refractivity contribution in [2.24, 2.45) is 0 Å². The molecule has 1 aliphatic rings. The molecule has 1 fully saturated rings. The minimum Gasteiger partial charge on any atom is -0.326 e. The first-order valence-electron chi connectivity index (χ1n) is 7.89. The molecule has 1 aromatic carbocycles. The van der Waals surface area contributed by atoms with Crippen molar-refractivity contribution in [3.05, 3.63) is 40.3 Å². The van der Waals surface area contributed by atoms with Crippen molar-refractivity contribution in [2.45, 2.75) is 32.7 Å². The maximum Gasteiger partial charge on any atom is 0.329 e. The van der Waals surface area contributed by atoms with E-state index in [-0.39, 0.29) is 11.8 Å². The summed E-state index contributed by atoms with van der Waals surface area (Å²) in [6, 6.07) is 5.71. The van der Waals surface area contributed by atoms with Crippen LogP contribution in [0.2, 0.25) is 0 Å². The van der Waals surface area contributed by atoms with E-state index >= 15 is 0 Å². The number of carbonyl (C=O) groups is 3. The second-order valence-corrected chi connectivity index (χ2v) is 6.71. The molecule has 0 saturated carbocycles. The van der Waals surface area contributed by atoms with Gasteiger partial charge in [-0.25, -0.2) is 14.7 Å². The van der Waals surface area contributed by atoms with Crippen LogP contribution in [0.3, 0.4) is 0 Å².